The van der Waals surface area contributed by atoms with Gasteiger partial charge in [-0.2, -0.15) is 0 Å². The topological polar surface area (TPSA) is 50.3 Å². The monoisotopic (exact) mass is 376 g/mol. The Kier molecular flexibility index (Phi) is 4.96. The number of hydrogen-bond acceptors (Lipinski definition) is 5. The van der Waals surface area contributed by atoms with Crippen LogP contribution in [0.15, 0.2) is 36.7 Å². The summed E-state index contributed by atoms with van der Waals surface area (Å²) < 4.78 is 20.0. The first-order chi connectivity index (χ1) is 12.6. The maximum Gasteiger partial charge on any atom is 0.167 e. The van der Waals surface area contributed by atoms with Crippen molar-refractivity contribution in [1.82, 2.24) is 9.97 Å². The van der Waals surface area contributed by atoms with Crippen LogP contribution in [0, 0.1) is 17.7 Å². The Morgan fingerprint density at radius 2 is 2.04 bits per heavy atom. The van der Waals surface area contributed by atoms with Crippen LogP contribution in [0.3, 0.4) is 0 Å². The van der Waals surface area contributed by atoms with E-state index in [-0.39, 0.29) is 18.0 Å². The van der Waals surface area contributed by atoms with Crippen LogP contribution >= 0.6 is 11.6 Å². The van der Waals surface area contributed by atoms with Crippen molar-refractivity contribution >= 4 is 23.2 Å². The minimum absolute atomic E-state index is 0.112. The minimum Gasteiger partial charge on any atom is -0.379 e. The van der Waals surface area contributed by atoms with Gasteiger partial charge in [0.25, 0.3) is 0 Å². The number of fused-ring (bicyclic) bond motifs is 1. The number of pyridine rings is 2. The van der Waals surface area contributed by atoms with Crippen molar-refractivity contribution in [3.63, 3.8) is 0 Å². The Labute approximate surface area is 157 Å². The lowest BCUT2D eigenvalue weighted by Gasteiger charge is -2.37. The Hall–Kier alpha value is -1.92. The summed E-state index contributed by atoms with van der Waals surface area (Å²) in [6, 6.07) is 7.36. The third-order valence-corrected chi connectivity index (χ3v) is 5.71. The summed E-state index contributed by atoms with van der Waals surface area (Å²) in [6.07, 6.45) is 5.30. The molecule has 2 fully saturated rings. The second kappa shape index (κ2) is 7.37. The molecule has 1 N–H and O–H groups in total. The number of nitrogens with zero attached hydrogens (tertiary/aromatic N) is 3. The molecule has 0 aromatic carbocycles. The summed E-state index contributed by atoms with van der Waals surface area (Å²) in [6.45, 7) is 1.60. The van der Waals surface area contributed by atoms with Crippen molar-refractivity contribution in [1.29, 1.82) is 0 Å². The van der Waals surface area contributed by atoms with Crippen LogP contribution in [-0.2, 0) is 4.74 Å². The highest BCUT2D eigenvalue weighted by Gasteiger charge is 2.43. The highest BCUT2D eigenvalue weighted by molar-refractivity contribution is 6.30. The zero-order valence-electron chi connectivity index (χ0n) is 14.6. The summed E-state index contributed by atoms with van der Waals surface area (Å²) >= 11 is 5.83. The molecule has 7 heteroatoms. The fraction of sp³-hybridized carbons (Fsp3) is 0.474. The molecule has 2 aliphatic rings. The summed E-state index contributed by atoms with van der Waals surface area (Å²) in [5, 5.41) is 3.83. The maximum absolute atomic E-state index is 14.3. The van der Waals surface area contributed by atoms with Crippen LogP contribution in [0.25, 0.3) is 0 Å². The van der Waals surface area contributed by atoms with Gasteiger partial charge in [0, 0.05) is 32.6 Å². The van der Waals surface area contributed by atoms with Gasteiger partial charge in [0.1, 0.15) is 5.82 Å². The number of rotatable bonds is 4. The molecule has 1 saturated heterocycles. The molecule has 2 aromatic rings. The van der Waals surface area contributed by atoms with Gasteiger partial charge in [-0.1, -0.05) is 17.7 Å². The third kappa shape index (κ3) is 3.48. The fourth-order valence-electron chi connectivity index (χ4n) is 4.28. The number of halogens is 2. The Morgan fingerprint density at radius 3 is 2.73 bits per heavy atom. The van der Waals surface area contributed by atoms with E-state index < -0.39 is 0 Å². The van der Waals surface area contributed by atoms with E-state index in [9.17, 15) is 4.39 Å². The molecule has 5 nitrogen and oxygen atoms in total. The lowest BCUT2D eigenvalue weighted by Crippen LogP contribution is -2.44. The second-order valence-electron chi connectivity index (χ2n) is 7.10. The fourth-order valence-corrected chi connectivity index (χ4v) is 4.42. The van der Waals surface area contributed by atoms with E-state index >= 15 is 0 Å². The van der Waals surface area contributed by atoms with Crippen LogP contribution in [0.1, 0.15) is 12.8 Å². The normalized spacial score (nSPS) is 28.0. The molecule has 4 atom stereocenters. The summed E-state index contributed by atoms with van der Waals surface area (Å²) in [7, 11) is 1.76. The van der Waals surface area contributed by atoms with Crippen LogP contribution in [0.5, 0.6) is 0 Å². The molecule has 1 aliphatic carbocycles. The Morgan fingerprint density at radius 1 is 1.23 bits per heavy atom. The van der Waals surface area contributed by atoms with Gasteiger partial charge in [0.15, 0.2) is 11.6 Å². The van der Waals surface area contributed by atoms with E-state index in [1.165, 1.54) is 12.3 Å². The SMILES string of the molecule is CO[C@@H]1C[C@H]2CN(c3ncc(Cl)cc3F)C[C@H]2C[C@H]1Nc1ccccn1. The molecule has 2 aromatic heterocycles. The molecule has 138 valence electrons. The van der Waals surface area contributed by atoms with Crippen molar-refractivity contribution in [3.8, 4) is 0 Å². The predicted octanol–water partition coefficient (Wildman–Crippen LogP) is 3.61. The maximum atomic E-state index is 14.3. The molecule has 0 spiro atoms. The average Bonchev–Trinajstić information content (AvgIpc) is 3.04. The Bertz CT molecular complexity index is 762. The molecule has 3 heterocycles. The largest absolute Gasteiger partial charge is 0.379 e. The van der Waals surface area contributed by atoms with Gasteiger partial charge < -0.3 is 15.0 Å². The number of nitrogens with one attached hydrogen (secondary N) is 1. The van der Waals surface area contributed by atoms with Gasteiger partial charge in [-0.3, -0.25) is 0 Å². The molecule has 0 bridgehead atoms. The van der Waals surface area contributed by atoms with Crippen LogP contribution in [0.4, 0.5) is 16.0 Å². The number of hydrogen-bond donors (Lipinski definition) is 1. The van der Waals surface area contributed by atoms with Gasteiger partial charge in [-0.05, 0) is 42.9 Å². The van der Waals surface area contributed by atoms with E-state index in [1.807, 2.05) is 23.1 Å². The van der Waals surface area contributed by atoms with E-state index in [2.05, 4.69) is 15.3 Å². The van der Waals surface area contributed by atoms with Crippen molar-refractivity contribution in [3.05, 3.63) is 47.5 Å². The molecule has 0 radical (unpaired) electrons. The molecular weight excluding hydrogens is 355 g/mol. The molecule has 4 rings (SSSR count). The van der Waals surface area contributed by atoms with Crippen LogP contribution < -0.4 is 10.2 Å². The van der Waals surface area contributed by atoms with Crippen LogP contribution in [-0.4, -0.2) is 42.3 Å². The molecule has 0 unspecified atom stereocenters. The summed E-state index contributed by atoms with van der Waals surface area (Å²) in [5.74, 6) is 1.84. The summed E-state index contributed by atoms with van der Waals surface area (Å²) in [5.41, 5.74) is 0. The lowest BCUT2D eigenvalue weighted by atomic mass is 9.77. The van der Waals surface area contributed by atoms with E-state index in [0.717, 1.165) is 31.7 Å². The van der Waals surface area contributed by atoms with E-state index in [4.69, 9.17) is 16.3 Å². The first-order valence-corrected chi connectivity index (χ1v) is 9.28. The quantitative estimate of drug-likeness (QED) is 0.883. The van der Waals surface area contributed by atoms with Crippen LogP contribution in [0.2, 0.25) is 5.02 Å². The predicted molar refractivity (Wildman–Crippen MR) is 100 cm³/mol. The zero-order valence-corrected chi connectivity index (χ0v) is 15.4. The van der Waals surface area contributed by atoms with Crippen molar-refractivity contribution in [2.75, 3.05) is 30.4 Å². The first-order valence-electron chi connectivity index (χ1n) is 8.90. The van der Waals surface area contributed by atoms with E-state index in [0.29, 0.717) is 22.7 Å². The highest BCUT2D eigenvalue weighted by Crippen LogP contribution is 2.40. The molecule has 1 saturated carbocycles. The van der Waals surface area contributed by atoms with E-state index in [1.54, 1.807) is 13.3 Å². The number of aromatic nitrogens is 2. The number of methoxy groups -OCH3 is 1. The van der Waals surface area contributed by atoms with Gasteiger partial charge in [-0.15, -0.1) is 0 Å². The smallest absolute Gasteiger partial charge is 0.167 e. The average molecular weight is 377 g/mol. The minimum atomic E-state index is -0.359. The lowest BCUT2D eigenvalue weighted by molar-refractivity contribution is 0.0305. The van der Waals surface area contributed by atoms with Crippen molar-refractivity contribution in [2.45, 2.75) is 25.0 Å². The standard InChI is InChI=1S/C19H22ClFN4O/c1-26-17-7-13-11-25(19-15(21)8-14(20)9-23-19)10-12(13)6-16(17)24-18-4-2-3-5-22-18/h2-5,8-9,12-13,16-17H,6-7,10-11H2,1H3,(H,22,24)/t12-,13+,16-,17-/m1/s1. The molecule has 26 heavy (non-hydrogen) atoms. The van der Waals surface area contributed by atoms with Gasteiger partial charge in [-0.25, -0.2) is 14.4 Å². The molecule has 1 aliphatic heterocycles. The van der Waals surface area contributed by atoms with Gasteiger partial charge in [0.05, 0.1) is 17.2 Å². The first kappa shape index (κ1) is 17.5. The van der Waals surface area contributed by atoms with Crippen molar-refractivity contribution < 1.29 is 9.13 Å². The number of anilines is 2. The second-order valence-corrected chi connectivity index (χ2v) is 7.53. The summed E-state index contributed by atoms with van der Waals surface area (Å²) in [4.78, 5) is 10.6. The Balaban J connectivity index is 1.48. The highest BCUT2D eigenvalue weighted by atomic mass is 35.5. The number of ether oxygens (including phenoxy) is 1. The molecular formula is C19H22ClFN4O. The van der Waals surface area contributed by atoms with Gasteiger partial charge in [0.2, 0.25) is 0 Å². The van der Waals surface area contributed by atoms with Crippen molar-refractivity contribution in [2.24, 2.45) is 11.8 Å². The molecule has 0 amide bonds. The zero-order chi connectivity index (χ0) is 18.1. The van der Waals surface area contributed by atoms with Gasteiger partial charge >= 0.3 is 0 Å². The third-order valence-electron chi connectivity index (χ3n) is 5.51.